The fraction of sp³-hybridized carbons (Fsp3) is 0.286. The van der Waals surface area contributed by atoms with Crippen molar-refractivity contribution in [2.45, 2.75) is 13.8 Å². The van der Waals surface area contributed by atoms with Gasteiger partial charge >= 0.3 is 5.97 Å². The zero-order valence-electron chi connectivity index (χ0n) is 7.04. The van der Waals surface area contributed by atoms with E-state index in [-0.39, 0.29) is 15.0 Å². The Balaban J connectivity index is 0. The van der Waals surface area contributed by atoms with Crippen molar-refractivity contribution >= 4 is 52.4 Å². The van der Waals surface area contributed by atoms with Crippen molar-refractivity contribution in [1.82, 2.24) is 0 Å². The highest BCUT2D eigenvalue weighted by molar-refractivity contribution is 6.67. The van der Waals surface area contributed by atoms with Gasteiger partial charge in [0.15, 0.2) is 0 Å². The van der Waals surface area contributed by atoms with Gasteiger partial charge in [-0.2, -0.15) is 0 Å². The van der Waals surface area contributed by atoms with Crippen LogP contribution in [0.3, 0.4) is 0 Å². The van der Waals surface area contributed by atoms with Gasteiger partial charge in [0.05, 0.1) is 5.76 Å². The zero-order valence-corrected chi connectivity index (χ0v) is 10.1. The molecule has 0 N–H and O–H groups in total. The molecule has 0 aromatic rings. The number of hydrogen-bond donors (Lipinski definition) is 0. The normalized spacial score (nSPS) is 7.85. The van der Waals surface area contributed by atoms with Crippen molar-refractivity contribution in [3.8, 4) is 0 Å². The highest BCUT2D eigenvalue weighted by atomic mass is 35.5. The fourth-order valence-corrected chi connectivity index (χ4v) is 0.245. The van der Waals surface area contributed by atoms with Gasteiger partial charge in [-0.25, -0.2) is 0 Å². The van der Waals surface area contributed by atoms with Gasteiger partial charge in [-0.05, 0) is 6.92 Å². The zero-order chi connectivity index (χ0) is 11.0. The lowest BCUT2D eigenvalue weighted by Gasteiger charge is -1.93. The Kier molecular flexibility index (Phi) is 10.4. The smallest absolute Gasteiger partial charge is 0.307 e. The summed E-state index contributed by atoms with van der Waals surface area (Å²) < 4.78 is 4.22. The predicted octanol–water partition coefficient (Wildman–Crippen LogP) is 4.15. The molecule has 13 heavy (non-hydrogen) atoms. The van der Waals surface area contributed by atoms with E-state index in [2.05, 4.69) is 11.3 Å². The minimum Gasteiger partial charge on any atom is -0.432 e. The van der Waals surface area contributed by atoms with Crippen LogP contribution in [0.1, 0.15) is 13.8 Å². The van der Waals surface area contributed by atoms with E-state index >= 15 is 0 Å². The van der Waals surface area contributed by atoms with Gasteiger partial charge in [-0.1, -0.05) is 53.0 Å². The summed E-state index contributed by atoms with van der Waals surface area (Å²) in [4.78, 5) is 9.97. The SMILES string of the molecule is C=C(C)OC(C)=O.ClC(Cl)=C(Cl)Cl. The van der Waals surface area contributed by atoms with Crippen LogP contribution in [0.15, 0.2) is 21.3 Å². The number of carbonyl (C=O) groups is 1. The van der Waals surface area contributed by atoms with Crippen molar-refractivity contribution in [2.24, 2.45) is 0 Å². The van der Waals surface area contributed by atoms with E-state index in [4.69, 9.17) is 46.4 Å². The first kappa shape index (κ1) is 15.6. The van der Waals surface area contributed by atoms with Crippen molar-refractivity contribution in [3.05, 3.63) is 21.3 Å². The Morgan fingerprint density at radius 3 is 1.38 bits per heavy atom. The second kappa shape index (κ2) is 8.70. The average Bonchev–Trinajstić information content (AvgIpc) is 1.84. The molecule has 0 fully saturated rings. The van der Waals surface area contributed by atoms with Crippen LogP contribution in [0.5, 0.6) is 0 Å². The van der Waals surface area contributed by atoms with Crippen LogP contribution in [-0.4, -0.2) is 5.97 Å². The highest BCUT2D eigenvalue weighted by Crippen LogP contribution is 2.20. The summed E-state index contributed by atoms with van der Waals surface area (Å²) in [6.45, 7) is 6.32. The van der Waals surface area contributed by atoms with Gasteiger partial charge in [0.2, 0.25) is 0 Å². The molecule has 0 saturated heterocycles. The number of hydrogen-bond acceptors (Lipinski definition) is 2. The Hall–Kier alpha value is 0.110. The number of allylic oxidation sites excluding steroid dienone is 1. The first-order valence-corrected chi connectivity index (χ1v) is 4.48. The standard InChI is InChI=1S/C5H8O2.C2Cl4/c1-4(2)7-5(3)6;3-1(4)2(5)6/h1H2,2-3H3;. The molecule has 0 aromatic carbocycles. The van der Waals surface area contributed by atoms with Crippen molar-refractivity contribution in [1.29, 1.82) is 0 Å². The van der Waals surface area contributed by atoms with E-state index in [0.29, 0.717) is 5.76 Å². The molecule has 6 heteroatoms. The number of esters is 1. The molecule has 0 aliphatic rings. The lowest BCUT2D eigenvalue weighted by atomic mass is 10.6. The molecule has 0 aliphatic heterocycles. The Bertz CT molecular complexity index is 193. The largest absolute Gasteiger partial charge is 0.432 e. The Morgan fingerprint density at radius 2 is 1.38 bits per heavy atom. The second-order valence-corrected chi connectivity index (χ2v) is 3.72. The number of halogens is 4. The van der Waals surface area contributed by atoms with Crippen LogP contribution in [0.25, 0.3) is 0 Å². The molecule has 0 amide bonds. The first-order chi connectivity index (χ1) is 5.77. The Morgan fingerprint density at radius 1 is 1.08 bits per heavy atom. The highest BCUT2D eigenvalue weighted by Gasteiger charge is 1.88. The van der Waals surface area contributed by atoms with Gasteiger partial charge in [0.1, 0.15) is 8.98 Å². The third-order valence-corrected chi connectivity index (χ3v) is 1.60. The van der Waals surface area contributed by atoms with Crippen molar-refractivity contribution in [3.63, 3.8) is 0 Å². The van der Waals surface area contributed by atoms with Gasteiger partial charge in [-0.15, -0.1) is 0 Å². The van der Waals surface area contributed by atoms with Crippen LogP contribution in [0, 0.1) is 0 Å². The topological polar surface area (TPSA) is 26.3 Å². The lowest BCUT2D eigenvalue weighted by Crippen LogP contribution is -1.93. The molecule has 0 saturated carbocycles. The van der Waals surface area contributed by atoms with Crippen LogP contribution in [0.4, 0.5) is 0 Å². The lowest BCUT2D eigenvalue weighted by molar-refractivity contribution is -0.136. The third-order valence-electron chi connectivity index (χ3n) is 0.461. The quantitative estimate of drug-likeness (QED) is 0.526. The number of ether oxygens (including phenoxy) is 1. The molecule has 0 unspecified atom stereocenters. The Labute approximate surface area is 97.0 Å². The minimum absolute atomic E-state index is 0.0988. The van der Waals surface area contributed by atoms with Crippen LogP contribution in [-0.2, 0) is 9.53 Å². The summed E-state index contributed by atoms with van der Waals surface area (Å²) in [6.07, 6.45) is 0. The van der Waals surface area contributed by atoms with E-state index in [1.807, 2.05) is 0 Å². The van der Waals surface area contributed by atoms with Crippen LogP contribution in [0.2, 0.25) is 0 Å². The third kappa shape index (κ3) is 18.8. The monoisotopic (exact) mass is 264 g/mol. The predicted molar refractivity (Wildman–Crippen MR) is 57.0 cm³/mol. The molecule has 0 radical (unpaired) electrons. The van der Waals surface area contributed by atoms with Crippen LogP contribution < -0.4 is 0 Å². The summed E-state index contributed by atoms with van der Waals surface area (Å²) in [5.41, 5.74) is 0. The fourth-order valence-electron chi connectivity index (χ4n) is 0.245. The summed E-state index contributed by atoms with van der Waals surface area (Å²) in [6, 6.07) is 0. The number of rotatable bonds is 1. The van der Waals surface area contributed by atoms with Gasteiger partial charge < -0.3 is 4.74 Å². The first-order valence-electron chi connectivity index (χ1n) is 2.97. The van der Waals surface area contributed by atoms with E-state index in [1.54, 1.807) is 6.92 Å². The van der Waals surface area contributed by atoms with Gasteiger partial charge in [-0.3, -0.25) is 4.79 Å². The van der Waals surface area contributed by atoms with E-state index in [0.717, 1.165) is 0 Å². The van der Waals surface area contributed by atoms with Crippen molar-refractivity contribution < 1.29 is 9.53 Å². The van der Waals surface area contributed by atoms with Crippen LogP contribution >= 0.6 is 46.4 Å². The molecule has 0 aliphatic carbocycles. The molecule has 76 valence electrons. The number of carbonyl (C=O) groups excluding carboxylic acids is 1. The molecule has 0 heterocycles. The molecule has 0 rings (SSSR count). The second-order valence-electron chi connectivity index (χ2n) is 1.82. The molecule has 0 spiro atoms. The molecule has 2 nitrogen and oxygen atoms in total. The van der Waals surface area contributed by atoms with Gasteiger partial charge in [0, 0.05) is 6.92 Å². The summed E-state index contributed by atoms with van der Waals surface area (Å²) in [5.74, 6) is 0.125. The molecular formula is C7H8Cl4O2. The molecule has 0 bridgehead atoms. The van der Waals surface area contributed by atoms with Gasteiger partial charge in [0.25, 0.3) is 0 Å². The van der Waals surface area contributed by atoms with Crippen molar-refractivity contribution in [2.75, 3.05) is 0 Å². The maximum atomic E-state index is 9.97. The van der Waals surface area contributed by atoms with E-state index < -0.39 is 0 Å². The van der Waals surface area contributed by atoms with E-state index in [9.17, 15) is 4.79 Å². The summed E-state index contributed by atoms with van der Waals surface area (Å²) in [7, 11) is 0. The summed E-state index contributed by atoms with van der Waals surface area (Å²) >= 11 is 20.0. The average molecular weight is 266 g/mol. The molecule has 0 aromatic heterocycles. The minimum atomic E-state index is -0.312. The summed E-state index contributed by atoms with van der Waals surface area (Å²) in [5, 5.41) is 0. The molecule has 0 atom stereocenters. The maximum Gasteiger partial charge on any atom is 0.307 e. The maximum absolute atomic E-state index is 9.97. The van der Waals surface area contributed by atoms with E-state index in [1.165, 1.54) is 6.92 Å². The molecular weight excluding hydrogens is 258 g/mol.